The van der Waals surface area contributed by atoms with Gasteiger partial charge in [-0.2, -0.15) is 0 Å². The van der Waals surface area contributed by atoms with E-state index < -0.39 is 0 Å². The molecule has 0 saturated carbocycles. The molecular formula is C15H16ClNO. The van der Waals surface area contributed by atoms with Gasteiger partial charge < -0.3 is 0 Å². The van der Waals surface area contributed by atoms with E-state index in [4.69, 9.17) is 11.6 Å². The molecule has 0 saturated heterocycles. The zero-order chi connectivity index (χ0) is 13.5. The molecule has 0 spiro atoms. The number of nitrogens with zero attached hydrogens (tertiary/aromatic N) is 1. The molecular weight excluding hydrogens is 246 g/mol. The van der Waals surface area contributed by atoms with Gasteiger partial charge in [0, 0.05) is 5.39 Å². The molecule has 94 valence electrons. The Morgan fingerprint density at radius 1 is 1.22 bits per heavy atom. The van der Waals surface area contributed by atoms with E-state index in [2.05, 4.69) is 37.9 Å². The number of aromatic nitrogens is 1. The lowest BCUT2D eigenvalue weighted by Gasteiger charge is -2.19. The highest BCUT2D eigenvalue weighted by atomic mass is 35.5. The molecule has 0 aliphatic heterocycles. The molecule has 0 aliphatic carbocycles. The summed E-state index contributed by atoms with van der Waals surface area (Å²) in [5.41, 5.74) is 2.59. The highest BCUT2D eigenvalue weighted by molar-refractivity contribution is 6.33. The highest BCUT2D eigenvalue weighted by Gasteiger charge is 2.15. The Bertz CT molecular complexity index is 626. The zero-order valence-electron chi connectivity index (χ0n) is 11.0. The van der Waals surface area contributed by atoms with E-state index in [1.165, 1.54) is 12.5 Å². The molecule has 0 radical (unpaired) electrons. The van der Waals surface area contributed by atoms with Crippen LogP contribution in [0.1, 0.15) is 43.6 Å². The fraction of sp³-hybridized carbons (Fsp3) is 0.333. The van der Waals surface area contributed by atoms with E-state index >= 15 is 0 Å². The number of fused-ring (bicyclic) bond motifs is 1. The third-order valence-corrected chi connectivity index (χ3v) is 3.30. The van der Waals surface area contributed by atoms with Gasteiger partial charge >= 0.3 is 0 Å². The minimum Gasteiger partial charge on any atom is -0.294 e. The van der Waals surface area contributed by atoms with Crippen molar-refractivity contribution >= 4 is 28.3 Å². The largest absolute Gasteiger partial charge is 0.294 e. The highest BCUT2D eigenvalue weighted by Crippen LogP contribution is 2.27. The molecule has 0 N–H and O–H groups in total. The molecule has 2 rings (SSSR count). The van der Waals surface area contributed by atoms with Gasteiger partial charge in [-0.25, -0.2) is 4.98 Å². The predicted octanol–water partition coefficient (Wildman–Crippen LogP) is 4.39. The molecule has 0 atom stereocenters. The van der Waals surface area contributed by atoms with E-state index in [1.54, 1.807) is 0 Å². The number of rotatable bonds is 1. The van der Waals surface area contributed by atoms with Crippen LogP contribution >= 0.6 is 11.6 Å². The zero-order valence-corrected chi connectivity index (χ0v) is 11.8. The third-order valence-electron chi connectivity index (χ3n) is 3.01. The van der Waals surface area contributed by atoms with Crippen LogP contribution in [0.2, 0.25) is 5.15 Å². The number of benzene rings is 1. The number of hydrogen-bond donors (Lipinski definition) is 0. The van der Waals surface area contributed by atoms with Gasteiger partial charge in [-0.1, -0.05) is 38.4 Å². The van der Waals surface area contributed by atoms with Gasteiger partial charge in [0.1, 0.15) is 5.15 Å². The van der Waals surface area contributed by atoms with E-state index in [0.717, 1.165) is 10.9 Å². The summed E-state index contributed by atoms with van der Waals surface area (Å²) in [6.07, 6.45) is 0. The fourth-order valence-electron chi connectivity index (χ4n) is 1.87. The van der Waals surface area contributed by atoms with Crippen molar-refractivity contribution in [3.05, 3.63) is 40.5 Å². The Morgan fingerprint density at radius 3 is 2.44 bits per heavy atom. The first kappa shape index (κ1) is 13.0. The van der Waals surface area contributed by atoms with Crippen molar-refractivity contribution < 1.29 is 4.79 Å². The summed E-state index contributed by atoms with van der Waals surface area (Å²) in [5.74, 6) is -0.0597. The van der Waals surface area contributed by atoms with Gasteiger partial charge in [0.15, 0.2) is 5.78 Å². The Hall–Kier alpha value is -1.41. The third kappa shape index (κ3) is 2.39. The molecule has 0 unspecified atom stereocenters. The van der Waals surface area contributed by atoms with Crippen LogP contribution in [0, 0.1) is 0 Å². The summed E-state index contributed by atoms with van der Waals surface area (Å²) < 4.78 is 0. The second kappa shape index (κ2) is 4.36. The molecule has 18 heavy (non-hydrogen) atoms. The minimum atomic E-state index is -0.0597. The van der Waals surface area contributed by atoms with Gasteiger partial charge in [0.2, 0.25) is 0 Å². The van der Waals surface area contributed by atoms with Crippen molar-refractivity contribution in [3.63, 3.8) is 0 Å². The molecule has 1 aromatic heterocycles. The van der Waals surface area contributed by atoms with Gasteiger partial charge in [0.05, 0.1) is 11.1 Å². The average Bonchev–Trinajstić information content (AvgIpc) is 2.25. The van der Waals surface area contributed by atoms with Crippen LogP contribution in [0.5, 0.6) is 0 Å². The Morgan fingerprint density at radius 2 is 1.89 bits per heavy atom. The van der Waals surface area contributed by atoms with Crippen LogP contribution in [0.4, 0.5) is 0 Å². The van der Waals surface area contributed by atoms with E-state index in [-0.39, 0.29) is 16.4 Å². The molecule has 2 aromatic rings. The maximum atomic E-state index is 11.5. The van der Waals surface area contributed by atoms with Gasteiger partial charge in [-0.3, -0.25) is 4.79 Å². The second-order valence-electron chi connectivity index (χ2n) is 5.54. The average molecular weight is 262 g/mol. The SMILES string of the molecule is CC(=O)c1cc2cc(C(C)(C)C)ccc2nc1Cl. The molecule has 1 heterocycles. The van der Waals surface area contributed by atoms with Crippen LogP contribution in [-0.2, 0) is 5.41 Å². The lowest BCUT2D eigenvalue weighted by atomic mass is 9.86. The number of carbonyl (C=O) groups is 1. The van der Waals surface area contributed by atoms with Crippen molar-refractivity contribution in [1.29, 1.82) is 0 Å². The topological polar surface area (TPSA) is 30.0 Å². The summed E-state index contributed by atoms with van der Waals surface area (Å²) >= 11 is 6.00. The standard InChI is InChI=1S/C15H16ClNO/c1-9(18)12-8-10-7-11(15(2,3)4)5-6-13(10)17-14(12)16/h5-8H,1-4H3. The Labute approximate surface area is 112 Å². The predicted molar refractivity (Wildman–Crippen MR) is 75.5 cm³/mol. The summed E-state index contributed by atoms with van der Waals surface area (Å²) in [6, 6.07) is 7.90. The van der Waals surface area contributed by atoms with Crippen LogP contribution in [-0.4, -0.2) is 10.8 Å². The van der Waals surface area contributed by atoms with Gasteiger partial charge in [-0.15, -0.1) is 0 Å². The summed E-state index contributed by atoms with van der Waals surface area (Å²) in [5, 5.41) is 1.23. The maximum absolute atomic E-state index is 11.5. The number of carbonyl (C=O) groups excluding carboxylic acids is 1. The first-order chi connectivity index (χ1) is 8.29. The van der Waals surface area contributed by atoms with Crippen LogP contribution < -0.4 is 0 Å². The van der Waals surface area contributed by atoms with Crippen molar-refractivity contribution in [1.82, 2.24) is 4.98 Å². The molecule has 0 aliphatic rings. The van der Waals surface area contributed by atoms with Gasteiger partial charge in [-0.05, 0) is 36.1 Å². The van der Waals surface area contributed by atoms with E-state index in [0.29, 0.717) is 5.56 Å². The minimum absolute atomic E-state index is 0.0597. The molecule has 0 bridgehead atoms. The van der Waals surface area contributed by atoms with Crippen LogP contribution in [0.15, 0.2) is 24.3 Å². The van der Waals surface area contributed by atoms with Crippen LogP contribution in [0.25, 0.3) is 10.9 Å². The van der Waals surface area contributed by atoms with Crippen molar-refractivity contribution in [3.8, 4) is 0 Å². The molecule has 2 nitrogen and oxygen atoms in total. The van der Waals surface area contributed by atoms with E-state index in [9.17, 15) is 4.79 Å². The van der Waals surface area contributed by atoms with E-state index in [1.807, 2.05) is 12.1 Å². The van der Waals surface area contributed by atoms with Crippen LogP contribution in [0.3, 0.4) is 0 Å². The number of ketones is 1. The summed E-state index contributed by atoms with van der Waals surface area (Å²) in [7, 11) is 0. The number of hydrogen-bond acceptors (Lipinski definition) is 2. The Balaban J connectivity index is 2.69. The first-order valence-corrected chi connectivity index (χ1v) is 6.28. The number of pyridine rings is 1. The normalized spacial score (nSPS) is 11.8. The molecule has 3 heteroatoms. The first-order valence-electron chi connectivity index (χ1n) is 5.91. The molecule has 0 amide bonds. The smallest absolute Gasteiger partial charge is 0.162 e. The number of halogens is 1. The molecule has 1 aromatic carbocycles. The lowest BCUT2D eigenvalue weighted by Crippen LogP contribution is -2.10. The maximum Gasteiger partial charge on any atom is 0.162 e. The fourth-order valence-corrected chi connectivity index (χ4v) is 2.15. The van der Waals surface area contributed by atoms with Crippen molar-refractivity contribution in [2.75, 3.05) is 0 Å². The quantitative estimate of drug-likeness (QED) is 0.563. The summed E-state index contributed by atoms with van der Waals surface area (Å²) in [6.45, 7) is 7.97. The lowest BCUT2D eigenvalue weighted by molar-refractivity contribution is 0.101. The summed E-state index contributed by atoms with van der Waals surface area (Å²) in [4.78, 5) is 15.7. The monoisotopic (exact) mass is 261 g/mol. The Kier molecular flexibility index (Phi) is 3.16. The van der Waals surface area contributed by atoms with Gasteiger partial charge in [0.25, 0.3) is 0 Å². The van der Waals surface area contributed by atoms with Crippen molar-refractivity contribution in [2.24, 2.45) is 0 Å². The van der Waals surface area contributed by atoms with Crippen molar-refractivity contribution in [2.45, 2.75) is 33.1 Å². The molecule has 0 fully saturated rings. The number of Topliss-reactive ketones (excluding diaryl/α,β-unsaturated/α-hetero) is 1. The second-order valence-corrected chi connectivity index (χ2v) is 5.90.